The van der Waals surface area contributed by atoms with Crippen molar-refractivity contribution < 1.29 is 13.2 Å². The van der Waals surface area contributed by atoms with Gasteiger partial charge in [0.2, 0.25) is 0 Å². The van der Waals surface area contributed by atoms with Crippen molar-refractivity contribution in [2.24, 2.45) is 0 Å². The van der Waals surface area contributed by atoms with Crippen molar-refractivity contribution in [3.8, 4) is 6.07 Å². The fraction of sp³-hybridized carbons (Fsp3) is 0.111. The normalized spacial score (nSPS) is 10.7. The summed E-state index contributed by atoms with van der Waals surface area (Å²) in [6.07, 6.45) is 0.516. The summed E-state index contributed by atoms with van der Waals surface area (Å²) >= 11 is 0. The van der Waals surface area contributed by atoms with Gasteiger partial charge in [0.05, 0.1) is 5.56 Å². The summed E-state index contributed by atoms with van der Waals surface area (Å²) in [5, 5.41) is 8.71. The van der Waals surface area contributed by atoms with Crippen LogP contribution in [0.2, 0.25) is 0 Å². The first-order valence-corrected chi connectivity index (χ1v) is 6.15. The molecule has 0 aliphatic carbocycles. The average molecular weight is 244 g/mol. The minimum Gasteiger partial charge on any atom is -0.298 e. The highest BCUT2D eigenvalue weighted by Crippen LogP contribution is 2.22. The molecule has 4 nitrogen and oxygen atoms in total. The summed E-state index contributed by atoms with van der Waals surface area (Å²) in [7, 11) is 1.12. The van der Waals surface area contributed by atoms with E-state index >= 15 is 0 Å². The lowest BCUT2D eigenvalue weighted by Crippen LogP contribution is -1.99. The minimum absolute atomic E-state index is 0.0619. The molecule has 0 radical (unpaired) electrons. The average Bonchev–Trinajstić information content (AvgIpc) is 2.15. The van der Waals surface area contributed by atoms with Gasteiger partial charge in [-0.15, -0.1) is 0 Å². The minimum atomic E-state index is -4.00. The third kappa shape index (κ3) is 2.35. The van der Waals surface area contributed by atoms with Crippen molar-refractivity contribution >= 4 is 26.0 Å². The summed E-state index contributed by atoms with van der Waals surface area (Å²) in [6, 6.07) is 4.13. The largest absolute Gasteiger partial charge is 0.298 e. The first-order valence-electron chi connectivity index (χ1n) is 3.84. The summed E-state index contributed by atoms with van der Waals surface area (Å²) in [6.45, 7) is 1.61. The highest BCUT2D eigenvalue weighted by Gasteiger charge is 2.17. The maximum atomic E-state index is 11.1. The summed E-state index contributed by atoms with van der Waals surface area (Å²) in [5.41, 5.74) is 0.673. The summed E-state index contributed by atoms with van der Waals surface area (Å²) in [5.74, 6) is 0. The second-order valence-corrected chi connectivity index (χ2v) is 5.41. The maximum Gasteiger partial charge on any atom is 0.262 e. The predicted molar refractivity (Wildman–Crippen MR) is 54.3 cm³/mol. The van der Waals surface area contributed by atoms with Crippen molar-refractivity contribution in [2.45, 2.75) is 11.8 Å². The lowest BCUT2D eigenvalue weighted by molar-refractivity contribution is 0.112. The van der Waals surface area contributed by atoms with Gasteiger partial charge in [-0.1, -0.05) is 0 Å². The Hall–Kier alpha value is -1.38. The molecule has 78 valence electrons. The molecule has 0 bridgehead atoms. The number of halogens is 1. The first kappa shape index (κ1) is 11.7. The number of aldehydes is 1. The number of nitriles is 1. The van der Waals surface area contributed by atoms with E-state index in [-0.39, 0.29) is 16.0 Å². The van der Waals surface area contributed by atoms with Crippen LogP contribution in [0.4, 0.5) is 0 Å². The molecule has 0 spiro atoms. The van der Waals surface area contributed by atoms with E-state index in [2.05, 4.69) is 0 Å². The van der Waals surface area contributed by atoms with Crippen molar-refractivity contribution in [3.63, 3.8) is 0 Å². The molecule has 0 fully saturated rings. The number of carbonyl (C=O) groups is 1. The van der Waals surface area contributed by atoms with Gasteiger partial charge in [-0.2, -0.15) is 5.26 Å². The quantitative estimate of drug-likeness (QED) is 0.584. The summed E-state index contributed by atoms with van der Waals surface area (Å²) in [4.78, 5) is 10.3. The number of hydrogen-bond donors (Lipinski definition) is 0. The van der Waals surface area contributed by atoms with Gasteiger partial charge in [0.15, 0.2) is 0 Å². The molecule has 0 aliphatic rings. The van der Waals surface area contributed by atoms with E-state index in [0.717, 1.165) is 6.07 Å². The van der Waals surface area contributed by atoms with E-state index in [4.69, 9.17) is 15.9 Å². The smallest absolute Gasteiger partial charge is 0.262 e. The fourth-order valence-electron chi connectivity index (χ4n) is 1.12. The Labute approximate surface area is 91.5 Å². The van der Waals surface area contributed by atoms with Crippen LogP contribution in [-0.4, -0.2) is 14.7 Å². The molecular weight excluding hydrogens is 238 g/mol. The molecule has 0 heterocycles. The van der Waals surface area contributed by atoms with Crippen LogP contribution in [-0.2, 0) is 9.05 Å². The van der Waals surface area contributed by atoms with E-state index < -0.39 is 9.05 Å². The van der Waals surface area contributed by atoms with Gasteiger partial charge in [-0.05, 0) is 24.6 Å². The number of aryl methyl sites for hydroxylation is 1. The fourth-order valence-corrected chi connectivity index (χ4v) is 2.14. The van der Waals surface area contributed by atoms with Gasteiger partial charge >= 0.3 is 0 Å². The van der Waals surface area contributed by atoms with Crippen LogP contribution in [0.1, 0.15) is 21.5 Å². The van der Waals surface area contributed by atoms with Crippen LogP contribution in [0.25, 0.3) is 0 Å². The molecule has 0 atom stereocenters. The zero-order valence-corrected chi connectivity index (χ0v) is 9.26. The first-order chi connectivity index (χ1) is 6.90. The molecule has 1 rings (SSSR count). The zero-order valence-electron chi connectivity index (χ0n) is 7.69. The van der Waals surface area contributed by atoms with Crippen LogP contribution >= 0.6 is 10.7 Å². The molecule has 0 aliphatic heterocycles. The van der Waals surface area contributed by atoms with Gasteiger partial charge in [0.25, 0.3) is 9.05 Å². The zero-order chi connectivity index (χ0) is 11.6. The van der Waals surface area contributed by atoms with Crippen molar-refractivity contribution in [1.29, 1.82) is 5.26 Å². The van der Waals surface area contributed by atoms with Crippen LogP contribution in [0.3, 0.4) is 0 Å². The van der Waals surface area contributed by atoms with Crippen LogP contribution in [0.5, 0.6) is 0 Å². The van der Waals surface area contributed by atoms with E-state index in [1.807, 2.05) is 0 Å². The van der Waals surface area contributed by atoms with Gasteiger partial charge in [0.1, 0.15) is 17.3 Å². The van der Waals surface area contributed by atoms with Crippen LogP contribution in [0, 0.1) is 18.3 Å². The van der Waals surface area contributed by atoms with E-state index in [1.165, 1.54) is 6.07 Å². The monoisotopic (exact) mass is 243 g/mol. The van der Waals surface area contributed by atoms with Crippen molar-refractivity contribution in [3.05, 3.63) is 28.8 Å². The van der Waals surface area contributed by atoms with Gasteiger partial charge < -0.3 is 0 Å². The lowest BCUT2D eigenvalue weighted by Gasteiger charge is -2.03. The molecule has 0 saturated heterocycles. The number of nitrogens with zero attached hydrogens (tertiary/aromatic N) is 1. The second-order valence-electron chi connectivity index (χ2n) is 2.87. The van der Waals surface area contributed by atoms with Crippen molar-refractivity contribution in [2.75, 3.05) is 0 Å². The molecule has 1 aromatic rings. The number of carbonyl (C=O) groups excluding carboxylic acids is 1. The third-order valence-corrected chi connectivity index (χ3v) is 3.24. The third-order valence-electron chi connectivity index (χ3n) is 1.88. The number of hydrogen-bond acceptors (Lipinski definition) is 4. The molecule has 6 heteroatoms. The molecular formula is C9H6ClNO3S. The van der Waals surface area contributed by atoms with E-state index in [1.54, 1.807) is 13.0 Å². The Bertz CT molecular complexity index is 557. The molecule has 0 amide bonds. The predicted octanol–water partition coefficient (Wildman–Crippen LogP) is 1.61. The van der Waals surface area contributed by atoms with Crippen LogP contribution < -0.4 is 0 Å². The van der Waals surface area contributed by atoms with Gasteiger partial charge in [0, 0.05) is 16.2 Å². The highest BCUT2D eigenvalue weighted by molar-refractivity contribution is 8.13. The van der Waals surface area contributed by atoms with E-state index in [0.29, 0.717) is 11.8 Å². The van der Waals surface area contributed by atoms with Crippen LogP contribution in [0.15, 0.2) is 17.0 Å². The Morgan fingerprint density at radius 3 is 2.47 bits per heavy atom. The Morgan fingerprint density at radius 2 is 2.07 bits per heavy atom. The molecule has 0 unspecified atom stereocenters. The van der Waals surface area contributed by atoms with Gasteiger partial charge in [-0.3, -0.25) is 4.79 Å². The Kier molecular flexibility index (Phi) is 3.12. The lowest BCUT2D eigenvalue weighted by atomic mass is 10.1. The van der Waals surface area contributed by atoms with Gasteiger partial charge in [-0.25, -0.2) is 8.42 Å². The molecule has 0 aromatic heterocycles. The molecule has 15 heavy (non-hydrogen) atoms. The topological polar surface area (TPSA) is 75.0 Å². The van der Waals surface area contributed by atoms with Crippen molar-refractivity contribution in [1.82, 2.24) is 0 Å². The molecule has 0 saturated carbocycles. The summed E-state index contributed by atoms with van der Waals surface area (Å²) < 4.78 is 22.2. The highest BCUT2D eigenvalue weighted by atomic mass is 35.7. The second kappa shape index (κ2) is 4.01. The Morgan fingerprint density at radius 1 is 1.47 bits per heavy atom. The van der Waals surface area contributed by atoms with E-state index in [9.17, 15) is 13.2 Å². The standard InChI is InChI=1S/C9H6ClNO3S/c1-6-2-7(4-11)9(15(10,13)14)3-8(6)5-12/h2-3,5H,1H3. The number of benzene rings is 1. The Balaban J connectivity index is 3.66. The maximum absolute atomic E-state index is 11.1. The number of rotatable bonds is 2. The molecule has 0 N–H and O–H groups in total. The SMILES string of the molecule is Cc1cc(C#N)c(S(=O)(=O)Cl)cc1C=O. The molecule has 1 aromatic carbocycles.